The molecule has 1 N–H and O–H groups in total. The van der Waals surface area contributed by atoms with Gasteiger partial charge in [-0.05, 0) is 30.2 Å². The molecule has 0 amide bonds. The van der Waals surface area contributed by atoms with Gasteiger partial charge in [0.05, 0.1) is 18.2 Å². The van der Waals surface area contributed by atoms with E-state index in [9.17, 15) is 5.11 Å². The Morgan fingerprint density at radius 3 is 2.60 bits per heavy atom. The first-order valence-corrected chi connectivity index (χ1v) is 6.61. The zero-order chi connectivity index (χ0) is 14.1. The van der Waals surface area contributed by atoms with Crippen molar-refractivity contribution in [1.29, 1.82) is 0 Å². The summed E-state index contributed by atoms with van der Waals surface area (Å²) in [5.41, 5.74) is 3.16. The van der Waals surface area contributed by atoms with E-state index in [1.165, 1.54) is 0 Å². The van der Waals surface area contributed by atoms with Crippen molar-refractivity contribution >= 4 is 11.3 Å². The lowest BCUT2D eigenvalue weighted by atomic mass is 10.1. The molecule has 0 saturated carbocycles. The number of rotatable bonds is 3. The highest BCUT2D eigenvalue weighted by atomic mass is 16.3. The number of aromatic nitrogens is 4. The van der Waals surface area contributed by atoms with E-state index in [1.54, 1.807) is 24.7 Å². The number of aromatic hydroxyl groups is 1. The predicted octanol–water partition coefficient (Wildman–Crippen LogP) is 2.85. The molecule has 5 heteroatoms. The smallest absolute Gasteiger partial charge is 0.197 e. The Morgan fingerprint density at radius 2 is 1.90 bits per heavy atom. The van der Waals surface area contributed by atoms with Crippen LogP contribution in [0, 0.1) is 5.92 Å². The molecule has 0 bridgehead atoms. The van der Waals surface area contributed by atoms with Gasteiger partial charge in [-0.2, -0.15) is 0 Å². The maximum absolute atomic E-state index is 9.34. The first kappa shape index (κ1) is 12.6. The van der Waals surface area contributed by atoms with Gasteiger partial charge in [-0.3, -0.25) is 0 Å². The second-order valence-electron chi connectivity index (χ2n) is 5.24. The van der Waals surface area contributed by atoms with Crippen LogP contribution in [0.3, 0.4) is 0 Å². The molecule has 20 heavy (non-hydrogen) atoms. The average molecular weight is 268 g/mol. The van der Waals surface area contributed by atoms with E-state index in [-0.39, 0.29) is 5.75 Å². The van der Waals surface area contributed by atoms with Crippen LogP contribution in [0.2, 0.25) is 0 Å². The Bertz CT molecular complexity index is 731. The largest absolute Gasteiger partial charge is 0.508 e. The van der Waals surface area contributed by atoms with Crippen molar-refractivity contribution in [3.63, 3.8) is 0 Å². The van der Waals surface area contributed by atoms with Gasteiger partial charge in [-0.1, -0.05) is 13.8 Å². The van der Waals surface area contributed by atoms with Gasteiger partial charge in [-0.25, -0.2) is 15.0 Å². The third-order valence-corrected chi connectivity index (χ3v) is 3.05. The van der Waals surface area contributed by atoms with Crippen LogP contribution in [0.5, 0.6) is 5.75 Å². The molecule has 3 aromatic rings. The summed E-state index contributed by atoms with van der Waals surface area (Å²) >= 11 is 0. The van der Waals surface area contributed by atoms with E-state index in [1.807, 2.05) is 16.7 Å². The van der Waals surface area contributed by atoms with Crippen LogP contribution < -0.4 is 0 Å². The molecule has 102 valence electrons. The van der Waals surface area contributed by atoms with Crippen molar-refractivity contribution in [3.8, 4) is 17.0 Å². The van der Waals surface area contributed by atoms with E-state index in [4.69, 9.17) is 0 Å². The summed E-state index contributed by atoms with van der Waals surface area (Å²) in [4.78, 5) is 13.3. The monoisotopic (exact) mass is 268 g/mol. The number of phenolic OH excluding ortho intramolecular Hbond substituents is 1. The fraction of sp³-hybridized carbons (Fsp3) is 0.267. The SMILES string of the molecule is CC(C)Cn1cnc2ncc(-c3ccc(O)cc3)nc21. The maximum Gasteiger partial charge on any atom is 0.197 e. The molecule has 0 aliphatic heterocycles. The summed E-state index contributed by atoms with van der Waals surface area (Å²) in [6.45, 7) is 5.18. The van der Waals surface area contributed by atoms with E-state index in [0.29, 0.717) is 11.6 Å². The number of phenols is 1. The molecule has 0 saturated heterocycles. The molecular weight excluding hydrogens is 252 g/mol. The summed E-state index contributed by atoms with van der Waals surface area (Å²) in [5, 5.41) is 9.34. The van der Waals surface area contributed by atoms with Gasteiger partial charge in [0, 0.05) is 12.1 Å². The van der Waals surface area contributed by atoms with Crippen molar-refractivity contribution in [2.75, 3.05) is 0 Å². The fourth-order valence-corrected chi connectivity index (χ4v) is 2.13. The Kier molecular flexibility index (Phi) is 3.10. The van der Waals surface area contributed by atoms with Crippen molar-refractivity contribution < 1.29 is 5.11 Å². The standard InChI is InChI=1S/C15H16N4O/c1-10(2)8-19-9-17-14-15(19)18-13(7-16-14)11-3-5-12(20)6-4-11/h3-7,9-10,20H,8H2,1-2H3. The van der Waals surface area contributed by atoms with Crippen molar-refractivity contribution in [3.05, 3.63) is 36.8 Å². The zero-order valence-electron chi connectivity index (χ0n) is 11.5. The van der Waals surface area contributed by atoms with Gasteiger partial charge in [-0.15, -0.1) is 0 Å². The summed E-state index contributed by atoms with van der Waals surface area (Å²) in [7, 11) is 0. The molecule has 3 rings (SSSR count). The van der Waals surface area contributed by atoms with E-state index in [0.717, 1.165) is 23.4 Å². The molecule has 0 aliphatic rings. The molecule has 0 fully saturated rings. The van der Waals surface area contributed by atoms with Crippen molar-refractivity contribution in [2.24, 2.45) is 5.92 Å². The maximum atomic E-state index is 9.34. The van der Waals surface area contributed by atoms with E-state index < -0.39 is 0 Å². The van der Waals surface area contributed by atoms with Crippen LogP contribution in [0.15, 0.2) is 36.8 Å². The third kappa shape index (κ3) is 2.34. The molecule has 2 heterocycles. The van der Waals surface area contributed by atoms with E-state index in [2.05, 4.69) is 28.8 Å². The number of imidazole rings is 1. The Balaban J connectivity index is 2.06. The minimum atomic E-state index is 0.243. The molecule has 0 aliphatic carbocycles. The molecule has 0 unspecified atom stereocenters. The molecule has 1 aromatic carbocycles. The van der Waals surface area contributed by atoms with Gasteiger partial charge in [0.1, 0.15) is 5.75 Å². The van der Waals surface area contributed by atoms with Crippen LogP contribution in [0.4, 0.5) is 0 Å². The number of hydrogen-bond donors (Lipinski definition) is 1. The molecular formula is C15H16N4O. The number of benzene rings is 1. The lowest BCUT2D eigenvalue weighted by Gasteiger charge is -2.07. The zero-order valence-corrected chi connectivity index (χ0v) is 11.5. The number of fused-ring (bicyclic) bond motifs is 1. The summed E-state index contributed by atoms with van der Waals surface area (Å²) in [6.07, 6.45) is 3.49. The second kappa shape index (κ2) is 4.92. The first-order chi connectivity index (χ1) is 9.63. The Morgan fingerprint density at radius 1 is 1.15 bits per heavy atom. The highest BCUT2D eigenvalue weighted by Crippen LogP contribution is 2.21. The molecule has 2 aromatic heterocycles. The number of hydrogen-bond acceptors (Lipinski definition) is 4. The topological polar surface area (TPSA) is 63.8 Å². The molecule has 0 spiro atoms. The average Bonchev–Trinajstić information content (AvgIpc) is 2.81. The minimum Gasteiger partial charge on any atom is -0.508 e. The first-order valence-electron chi connectivity index (χ1n) is 6.61. The normalized spacial score (nSPS) is 11.3. The van der Waals surface area contributed by atoms with Crippen LogP contribution in [0.25, 0.3) is 22.6 Å². The van der Waals surface area contributed by atoms with Gasteiger partial charge >= 0.3 is 0 Å². The lowest BCUT2D eigenvalue weighted by molar-refractivity contribution is 0.475. The highest BCUT2D eigenvalue weighted by Gasteiger charge is 2.09. The van der Waals surface area contributed by atoms with Crippen LogP contribution in [0.1, 0.15) is 13.8 Å². The Hall–Kier alpha value is -2.43. The predicted molar refractivity (Wildman–Crippen MR) is 77.3 cm³/mol. The van der Waals surface area contributed by atoms with Crippen molar-refractivity contribution in [2.45, 2.75) is 20.4 Å². The van der Waals surface area contributed by atoms with Crippen LogP contribution >= 0.6 is 0 Å². The quantitative estimate of drug-likeness (QED) is 0.793. The second-order valence-corrected chi connectivity index (χ2v) is 5.24. The molecule has 0 radical (unpaired) electrons. The van der Waals surface area contributed by atoms with Gasteiger partial charge in [0.25, 0.3) is 0 Å². The fourth-order valence-electron chi connectivity index (χ4n) is 2.13. The van der Waals surface area contributed by atoms with Gasteiger partial charge in [0.2, 0.25) is 0 Å². The molecule has 5 nitrogen and oxygen atoms in total. The number of nitrogens with zero attached hydrogens (tertiary/aromatic N) is 4. The van der Waals surface area contributed by atoms with E-state index >= 15 is 0 Å². The summed E-state index contributed by atoms with van der Waals surface area (Å²) < 4.78 is 2.02. The van der Waals surface area contributed by atoms with Crippen LogP contribution in [-0.4, -0.2) is 24.6 Å². The highest BCUT2D eigenvalue weighted by molar-refractivity contribution is 5.70. The summed E-state index contributed by atoms with van der Waals surface area (Å²) in [6, 6.07) is 6.95. The van der Waals surface area contributed by atoms with Gasteiger partial charge in [0.15, 0.2) is 11.3 Å². The molecule has 0 atom stereocenters. The van der Waals surface area contributed by atoms with Crippen LogP contribution in [-0.2, 0) is 6.54 Å². The minimum absolute atomic E-state index is 0.243. The van der Waals surface area contributed by atoms with Gasteiger partial charge < -0.3 is 9.67 Å². The lowest BCUT2D eigenvalue weighted by Crippen LogP contribution is -2.04. The van der Waals surface area contributed by atoms with Crippen molar-refractivity contribution in [1.82, 2.24) is 19.5 Å². The summed E-state index contributed by atoms with van der Waals surface area (Å²) in [5.74, 6) is 0.763. The third-order valence-electron chi connectivity index (χ3n) is 3.05. The Labute approximate surface area is 117 Å².